The van der Waals surface area contributed by atoms with Gasteiger partial charge in [0.05, 0.1) is 18.7 Å². The minimum atomic E-state index is -0.311. The first kappa shape index (κ1) is 18.2. The lowest BCUT2D eigenvalue weighted by Crippen LogP contribution is -2.63. The van der Waals surface area contributed by atoms with Gasteiger partial charge in [-0.15, -0.1) is 0 Å². The van der Waals surface area contributed by atoms with Gasteiger partial charge in [-0.05, 0) is 43.9 Å². The zero-order valence-corrected chi connectivity index (χ0v) is 14.8. The molecule has 1 aromatic carbocycles. The highest BCUT2D eigenvalue weighted by molar-refractivity contribution is 6.30. The van der Waals surface area contributed by atoms with Crippen molar-refractivity contribution in [3.8, 4) is 0 Å². The van der Waals surface area contributed by atoms with Crippen molar-refractivity contribution in [1.82, 2.24) is 15.5 Å². The van der Waals surface area contributed by atoms with Crippen LogP contribution in [0.15, 0.2) is 24.3 Å². The first-order valence-electron chi connectivity index (χ1n) is 8.76. The Morgan fingerprint density at radius 2 is 1.92 bits per heavy atom. The number of halogens is 1. The summed E-state index contributed by atoms with van der Waals surface area (Å²) in [5.41, 5.74) is 0.439. The number of rotatable bonds is 5. The summed E-state index contributed by atoms with van der Waals surface area (Å²) in [7, 11) is 0. The molecule has 1 aliphatic carbocycles. The standard InChI is InChI=1S/C18H24ClN3O3/c19-13-3-1-2-12(8-13)18(25)20-9-17(24)21-14-10-22(11-14)15-4-6-16(23)7-5-15/h1-3,8,14-16,23H,4-7,9-11H2,(H,20,25)(H,21,24). The first-order valence-corrected chi connectivity index (χ1v) is 9.14. The van der Waals surface area contributed by atoms with Crippen LogP contribution >= 0.6 is 11.6 Å². The van der Waals surface area contributed by atoms with Crippen LogP contribution in [0, 0.1) is 0 Å². The van der Waals surface area contributed by atoms with Gasteiger partial charge in [0.15, 0.2) is 0 Å². The SMILES string of the molecule is O=C(CNC(=O)c1cccc(Cl)c1)NC1CN(C2CCC(O)CC2)C1. The Morgan fingerprint density at radius 3 is 2.60 bits per heavy atom. The fourth-order valence-electron chi connectivity index (χ4n) is 3.50. The number of hydrogen-bond acceptors (Lipinski definition) is 4. The van der Waals surface area contributed by atoms with Gasteiger partial charge in [0, 0.05) is 29.7 Å². The average Bonchev–Trinajstić information content (AvgIpc) is 2.56. The van der Waals surface area contributed by atoms with Crippen molar-refractivity contribution in [2.75, 3.05) is 19.6 Å². The minimum absolute atomic E-state index is 0.0442. The second-order valence-electron chi connectivity index (χ2n) is 6.87. The fraction of sp³-hybridized carbons (Fsp3) is 0.556. The molecule has 0 spiro atoms. The van der Waals surface area contributed by atoms with E-state index in [-0.39, 0.29) is 30.5 Å². The molecule has 3 rings (SSSR count). The van der Waals surface area contributed by atoms with Crippen LogP contribution in [0.25, 0.3) is 0 Å². The predicted molar refractivity (Wildman–Crippen MR) is 95.6 cm³/mol. The summed E-state index contributed by atoms with van der Waals surface area (Å²) < 4.78 is 0. The maximum atomic E-state index is 12.0. The predicted octanol–water partition coefficient (Wildman–Crippen LogP) is 1.17. The average molecular weight is 366 g/mol. The van der Waals surface area contributed by atoms with Crippen LogP contribution < -0.4 is 10.6 Å². The fourth-order valence-corrected chi connectivity index (χ4v) is 3.69. The molecule has 0 radical (unpaired) electrons. The van der Waals surface area contributed by atoms with Gasteiger partial charge in [0.1, 0.15) is 0 Å². The lowest BCUT2D eigenvalue weighted by molar-refractivity contribution is -0.122. The van der Waals surface area contributed by atoms with Crippen molar-refractivity contribution in [2.24, 2.45) is 0 Å². The van der Waals surface area contributed by atoms with E-state index in [9.17, 15) is 14.7 Å². The molecule has 25 heavy (non-hydrogen) atoms. The van der Waals surface area contributed by atoms with Crippen molar-refractivity contribution in [2.45, 2.75) is 43.9 Å². The lowest BCUT2D eigenvalue weighted by Gasteiger charge is -2.46. The molecule has 2 amide bonds. The number of nitrogens with one attached hydrogen (secondary N) is 2. The van der Waals surface area contributed by atoms with Crippen LogP contribution in [0.1, 0.15) is 36.0 Å². The number of nitrogens with zero attached hydrogens (tertiary/aromatic N) is 1. The third kappa shape index (κ3) is 4.93. The molecule has 1 aromatic rings. The van der Waals surface area contributed by atoms with Gasteiger partial charge in [0.25, 0.3) is 5.91 Å². The summed E-state index contributed by atoms with van der Waals surface area (Å²) in [6, 6.07) is 7.29. The second-order valence-corrected chi connectivity index (χ2v) is 7.31. The van der Waals surface area contributed by atoms with E-state index in [4.69, 9.17) is 11.6 Å². The Hall–Kier alpha value is -1.63. The maximum absolute atomic E-state index is 12.0. The third-order valence-electron chi connectivity index (χ3n) is 4.95. The normalized spacial score (nSPS) is 24.4. The van der Waals surface area contributed by atoms with E-state index < -0.39 is 0 Å². The van der Waals surface area contributed by atoms with E-state index in [0.717, 1.165) is 38.8 Å². The van der Waals surface area contributed by atoms with Crippen LogP contribution in [-0.2, 0) is 4.79 Å². The number of likely N-dealkylation sites (tertiary alicyclic amines) is 1. The zero-order chi connectivity index (χ0) is 17.8. The number of hydrogen-bond donors (Lipinski definition) is 3. The van der Waals surface area contributed by atoms with Crippen molar-refractivity contribution in [1.29, 1.82) is 0 Å². The molecule has 136 valence electrons. The highest BCUT2D eigenvalue weighted by atomic mass is 35.5. The third-order valence-corrected chi connectivity index (χ3v) is 5.19. The lowest BCUT2D eigenvalue weighted by atomic mass is 9.89. The van der Waals surface area contributed by atoms with Crippen LogP contribution in [0.5, 0.6) is 0 Å². The first-order chi connectivity index (χ1) is 12.0. The molecule has 0 atom stereocenters. The van der Waals surface area contributed by atoms with Crippen molar-refractivity contribution < 1.29 is 14.7 Å². The smallest absolute Gasteiger partial charge is 0.251 e. The summed E-state index contributed by atoms with van der Waals surface area (Å²) in [5, 5.41) is 15.6. The van der Waals surface area contributed by atoms with Gasteiger partial charge in [-0.1, -0.05) is 17.7 Å². The number of carbonyl (C=O) groups excluding carboxylic acids is 2. The molecule has 2 aliphatic rings. The molecule has 1 saturated heterocycles. The number of amides is 2. The Bertz CT molecular complexity index is 626. The number of aliphatic hydroxyl groups is 1. The molecular weight excluding hydrogens is 342 g/mol. The summed E-state index contributed by atoms with van der Waals surface area (Å²) in [5.74, 6) is -0.493. The van der Waals surface area contributed by atoms with Crippen LogP contribution in [0.2, 0.25) is 5.02 Å². The van der Waals surface area contributed by atoms with E-state index in [2.05, 4.69) is 15.5 Å². The Balaban J connectivity index is 1.34. The van der Waals surface area contributed by atoms with Crippen molar-refractivity contribution in [3.63, 3.8) is 0 Å². The van der Waals surface area contributed by atoms with E-state index in [1.54, 1.807) is 24.3 Å². The molecule has 1 heterocycles. The molecular formula is C18H24ClN3O3. The van der Waals surface area contributed by atoms with Gasteiger partial charge < -0.3 is 15.7 Å². The van der Waals surface area contributed by atoms with Gasteiger partial charge in [-0.3, -0.25) is 14.5 Å². The molecule has 6 nitrogen and oxygen atoms in total. The van der Waals surface area contributed by atoms with Gasteiger partial charge in [0.2, 0.25) is 5.91 Å². The molecule has 1 aliphatic heterocycles. The molecule has 7 heteroatoms. The topological polar surface area (TPSA) is 81.7 Å². The van der Waals surface area contributed by atoms with Crippen molar-refractivity contribution in [3.05, 3.63) is 34.9 Å². The Morgan fingerprint density at radius 1 is 1.20 bits per heavy atom. The quantitative estimate of drug-likeness (QED) is 0.731. The highest BCUT2D eigenvalue weighted by Crippen LogP contribution is 2.26. The highest BCUT2D eigenvalue weighted by Gasteiger charge is 2.34. The van der Waals surface area contributed by atoms with Gasteiger partial charge >= 0.3 is 0 Å². The van der Waals surface area contributed by atoms with E-state index in [1.807, 2.05) is 0 Å². The summed E-state index contributed by atoms with van der Waals surface area (Å²) in [6.07, 6.45) is 3.65. The molecule has 0 unspecified atom stereocenters. The molecule has 2 fully saturated rings. The summed E-state index contributed by atoms with van der Waals surface area (Å²) in [6.45, 7) is 1.64. The van der Waals surface area contributed by atoms with Gasteiger partial charge in [-0.2, -0.15) is 0 Å². The van der Waals surface area contributed by atoms with E-state index in [1.165, 1.54) is 0 Å². The molecule has 3 N–H and O–H groups in total. The van der Waals surface area contributed by atoms with E-state index in [0.29, 0.717) is 16.6 Å². The summed E-state index contributed by atoms with van der Waals surface area (Å²) >= 11 is 5.85. The molecule has 1 saturated carbocycles. The Labute approximate surface area is 152 Å². The van der Waals surface area contributed by atoms with Crippen LogP contribution in [0.3, 0.4) is 0 Å². The second kappa shape index (κ2) is 8.17. The molecule has 0 aromatic heterocycles. The van der Waals surface area contributed by atoms with Crippen LogP contribution in [0.4, 0.5) is 0 Å². The molecule has 0 bridgehead atoms. The maximum Gasteiger partial charge on any atom is 0.251 e. The number of aliphatic hydroxyl groups excluding tert-OH is 1. The monoisotopic (exact) mass is 365 g/mol. The number of carbonyl (C=O) groups is 2. The van der Waals surface area contributed by atoms with Crippen LogP contribution in [-0.4, -0.2) is 59.6 Å². The zero-order valence-electron chi connectivity index (χ0n) is 14.1. The van der Waals surface area contributed by atoms with E-state index >= 15 is 0 Å². The minimum Gasteiger partial charge on any atom is -0.393 e. The van der Waals surface area contributed by atoms with Gasteiger partial charge in [-0.25, -0.2) is 0 Å². The Kier molecular flexibility index (Phi) is 5.93. The number of benzene rings is 1. The largest absolute Gasteiger partial charge is 0.393 e. The summed E-state index contributed by atoms with van der Waals surface area (Å²) in [4.78, 5) is 26.3. The van der Waals surface area contributed by atoms with Crippen molar-refractivity contribution >= 4 is 23.4 Å².